The fourth-order valence-corrected chi connectivity index (χ4v) is 3.22. The number of carbonyl (C=O) groups is 1. The molecule has 0 radical (unpaired) electrons. The lowest BCUT2D eigenvalue weighted by Gasteiger charge is -2.14. The van der Waals surface area contributed by atoms with Gasteiger partial charge in [0.25, 0.3) is 0 Å². The second-order valence-electron chi connectivity index (χ2n) is 7.12. The molecule has 3 heteroatoms. The van der Waals surface area contributed by atoms with E-state index in [-0.39, 0.29) is 5.97 Å². The van der Waals surface area contributed by atoms with E-state index in [0.717, 1.165) is 25.2 Å². The van der Waals surface area contributed by atoms with Gasteiger partial charge in [0.2, 0.25) is 0 Å². The van der Waals surface area contributed by atoms with Gasteiger partial charge in [0, 0.05) is 13.0 Å². The predicted molar refractivity (Wildman–Crippen MR) is 109 cm³/mol. The first-order valence-electron chi connectivity index (χ1n) is 10.9. The molecule has 0 heterocycles. The molecule has 0 aromatic rings. The number of aliphatic hydroxyl groups excluding tert-OH is 1. The fourth-order valence-electron chi connectivity index (χ4n) is 3.22. The Morgan fingerprint density at radius 3 is 1.72 bits per heavy atom. The van der Waals surface area contributed by atoms with Gasteiger partial charge in [-0.05, 0) is 31.6 Å². The molecule has 1 N–H and O–H groups in total. The van der Waals surface area contributed by atoms with Gasteiger partial charge in [0.1, 0.15) is 0 Å². The summed E-state index contributed by atoms with van der Waals surface area (Å²) in [6.07, 6.45) is 14.0. The molecule has 2 atom stereocenters. The second kappa shape index (κ2) is 21.5. The van der Waals surface area contributed by atoms with Gasteiger partial charge in [-0.3, -0.25) is 4.79 Å². The summed E-state index contributed by atoms with van der Waals surface area (Å²) >= 11 is 0. The molecule has 152 valence electrons. The Kier molecular flexibility index (Phi) is 22.9. The third-order valence-electron chi connectivity index (χ3n) is 4.62. The summed E-state index contributed by atoms with van der Waals surface area (Å²) in [6, 6.07) is 0. The Balaban J connectivity index is 0. The highest BCUT2D eigenvalue weighted by molar-refractivity contribution is 5.69. The van der Waals surface area contributed by atoms with E-state index in [2.05, 4.69) is 27.7 Å². The number of rotatable bonds is 15. The van der Waals surface area contributed by atoms with Gasteiger partial charge in [-0.1, -0.05) is 85.5 Å². The van der Waals surface area contributed by atoms with Crippen molar-refractivity contribution in [2.24, 2.45) is 11.8 Å². The average molecular weight is 359 g/mol. The SMILES string of the molecule is CCCCC(CCC)CC(=O)OCC.CCCCC(CCC)CCO. The molecular formula is C22H46O3. The summed E-state index contributed by atoms with van der Waals surface area (Å²) < 4.78 is 4.96. The monoisotopic (exact) mass is 358 g/mol. The smallest absolute Gasteiger partial charge is 0.306 e. The van der Waals surface area contributed by atoms with Gasteiger partial charge >= 0.3 is 5.97 Å². The van der Waals surface area contributed by atoms with E-state index in [1.54, 1.807) is 0 Å². The molecule has 0 rings (SSSR count). The Hall–Kier alpha value is -0.570. The minimum absolute atomic E-state index is 0.0259. The summed E-state index contributed by atoms with van der Waals surface area (Å²) in [6.45, 7) is 11.5. The van der Waals surface area contributed by atoms with Crippen LogP contribution in [0.2, 0.25) is 0 Å². The van der Waals surface area contributed by atoms with Crippen molar-refractivity contribution in [2.45, 2.75) is 112 Å². The summed E-state index contributed by atoms with van der Waals surface area (Å²) in [7, 11) is 0. The first kappa shape index (κ1) is 26.7. The normalized spacial score (nSPS) is 12.9. The Morgan fingerprint density at radius 2 is 1.28 bits per heavy atom. The van der Waals surface area contributed by atoms with Crippen LogP contribution in [0.4, 0.5) is 0 Å². The zero-order chi connectivity index (χ0) is 19.3. The Bertz CT molecular complexity index is 260. The number of aliphatic hydroxyl groups is 1. The lowest BCUT2D eigenvalue weighted by Crippen LogP contribution is -2.11. The van der Waals surface area contributed by atoms with Crippen LogP contribution in [-0.2, 0) is 9.53 Å². The maximum atomic E-state index is 11.3. The molecule has 0 saturated carbocycles. The molecule has 0 aliphatic heterocycles. The first-order chi connectivity index (χ1) is 12.1. The summed E-state index contributed by atoms with van der Waals surface area (Å²) in [5.74, 6) is 1.30. The van der Waals surface area contributed by atoms with Crippen LogP contribution in [0.3, 0.4) is 0 Å². The van der Waals surface area contributed by atoms with Crippen LogP contribution >= 0.6 is 0 Å². The number of carbonyl (C=O) groups excluding carboxylic acids is 1. The third kappa shape index (κ3) is 19.6. The number of esters is 1. The molecule has 2 unspecified atom stereocenters. The summed E-state index contributed by atoms with van der Waals surface area (Å²) in [4.78, 5) is 11.3. The quantitative estimate of drug-likeness (QED) is 0.339. The number of hydrogen-bond donors (Lipinski definition) is 1. The van der Waals surface area contributed by atoms with Gasteiger partial charge < -0.3 is 9.84 Å². The van der Waals surface area contributed by atoms with Crippen LogP contribution in [0.5, 0.6) is 0 Å². The minimum Gasteiger partial charge on any atom is -0.466 e. The Morgan fingerprint density at radius 1 is 0.760 bits per heavy atom. The molecule has 0 bridgehead atoms. The molecule has 0 spiro atoms. The van der Waals surface area contributed by atoms with Crippen molar-refractivity contribution in [3.63, 3.8) is 0 Å². The van der Waals surface area contributed by atoms with Gasteiger partial charge in [-0.15, -0.1) is 0 Å². The zero-order valence-corrected chi connectivity index (χ0v) is 17.8. The summed E-state index contributed by atoms with van der Waals surface area (Å²) in [5, 5.41) is 8.76. The Labute approximate surface area is 157 Å². The van der Waals surface area contributed by atoms with Crippen molar-refractivity contribution >= 4 is 5.97 Å². The number of unbranched alkanes of at least 4 members (excludes halogenated alkanes) is 2. The summed E-state index contributed by atoms with van der Waals surface area (Å²) in [5.41, 5.74) is 0. The standard InChI is InChI=1S/C12H24O2.C10H22O/c1-4-7-9-11(8-5-2)10-12(13)14-6-3;1-3-5-7-10(6-4-2)8-9-11/h11H,4-10H2,1-3H3;10-11H,3-9H2,1-2H3. The second-order valence-corrected chi connectivity index (χ2v) is 7.12. The van der Waals surface area contributed by atoms with Gasteiger partial charge in [0.15, 0.2) is 0 Å². The van der Waals surface area contributed by atoms with Crippen molar-refractivity contribution in [3.05, 3.63) is 0 Å². The van der Waals surface area contributed by atoms with Crippen LogP contribution in [-0.4, -0.2) is 24.3 Å². The van der Waals surface area contributed by atoms with E-state index in [0.29, 0.717) is 25.6 Å². The molecule has 0 saturated heterocycles. The fraction of sp³-hybridized carbons (Fsp3) is 0.955. The maximum Gasteiger partial charge on any atom is 0.306 e. The zero-order valence-electron chi connectivity index (χ0n) is 17.8. The van der Waals surface area contributed by atoms with E-state index >= 15 is 0 Å². The van der Waals surface area contributed by atoms with Crippen LogP contribution in [0, 0.1) is 11.8 Å². The van der Waals surface area contributed by atoms with Crippen molar-refractivity contribution in [3.8, 4) is 0 Å². The largest absolute Gasteiger partial charge is 0.466 e. The van der Waals surface area contributed by atoms with E-state index in [1.807, 2.05) is 6.92 Å². The lowest BCUT2D eigenvalue weighted by atomic mass is 9.94. The third-order valence-corrected chi connectivity index (χ3v) is 4.62. The number of hydrogen-bond acceptors (Lipinski definition) is 3. The van der Waals surface area contributed by atoms with Crippen molar-refractivity contribution < 1.29 is 14.6 Å². The van der Waals surface area contributed by atoms with Crippen LogP contribution in [0.1, 0.15) is 112 Å². The molecule has 0 amide bonds. The minimum atomic E-state index is -0.0259. The van der Waals surface area contributed by atoms with Crippen molar-refractivity contribution in [2.75, 3.05) is 13.2 Å². The molecule has 0 aromatic heterocycles. The molecule has 3 nitrogen and oxygen atoms in total. The van der Waals surface area contributed by atoms with Gasteiger partial charge in [-0.2, -0.15) is 0 Å². The van der Waals surface area contributed by atoms with Crippen LogP contribution in [0.15, 0.2) is 0 Å². The van der Waals surface area contributed by atoms with Crippen LogP contribution < -0.4 is 0 Å². The predicted octanol–water partition coefficient (Wildman–Crippen LogP) is 6.52. The highest BCUT2D eigenvalue weighted by atomic mass is 16.5. The van der Waals surface area contributed by atoms with Gasteiger partial charge in [0.05, 0.1) is 6.61 Å². The first-order valence-corrected chi connectivity index (χ1v) is 10.9. The molecule has 0 aromatic carbocycles. The lowest BCUT2D eigenvalue weighted by molar-refractivity contribution is -0.144. The molecule has 25 heavy (non-hydrogen) atoms. The topological polar surface area (TPSA) is 46.5 Å². The van der Waals surface area contributed by atoms with Crippen molar-refractivity contribution in [1.29, 1.82) is 0 Å². The maximum absolute atomic E-state index is 11.3. The molecule has 0 aliphatic carbocycles. The average Bonchev–Trinajstić information content (AvgIpc) is 2.59. The highest BCUT2D eigenvalue weighted by Crippen LogP contribution is 2.19. The molecular weight excluding hydrogens is 312 g/mol. The highest BCUT2D eigenvalue weighted by Gasteiger charge is 2.13. The molecule has 0 aliphatic rings. The molecule has 0 fully saturated rings. The van der Waals surface area contributed by atoms with E-state index in [1.165, 1.54) is 51.4 Å². The van der Waals surface area contributed by atoms with Crippen LogP contribution in [0.25, 0.3) is 0 Å². The van der Waals surface area contributed by atoms with E-state index in [4.69, 9.17) is 9.84 Å². The van der Waals surface area contributed by atoms with E-state index in [9.17, 15) is 4.79 Å². The number of ether oxygens (including phenoxy) is 1. The van der Waals surface area contributed by atoms with E-state index < -0.39 is 0 Å². The van der Waals surface area contributed by atoms with Gasteiger partial charge in [-0.25, -0.2) is 0 Å². The van der Waals surface area contributed by atoms with Crippen molar-refractivity contribution in [1.82, 2.24) is 0 Å².